The minimum atomic E-state index is -4.01. The third kappa shape index (κ3) is 6.09. The van der Waals surface area contributed by atoms with Gasteiger partial charge in [-0.3, -0.25) is 5.32 Å². The number of rotatable bonds is 9. The molecule has 0 aromatic heterocycles. The molecule has 206 valence electrons. The van der Waals surface area contributed by atoms with Crippen molar-refractivity contribution in [1.82, 2.24) is 4.72 Å². The summed E-state index contributed by atoms with van der Waals surface area (Å²) in [7, 11) is -1.18. The fourth-order valence-corrected chi connectivity index (χ4v) is 5.85. The van der Waals surface area contributed by atoms with Crippen LogP contribution in [-0.2, 0) is 24.2 Å². The first-order valence-corrected chi connectivity index (χ1v) is 13.6. The van der Waals surface area contributed by atoms with E-state index in [1.165, 1.54) is 26.4 Å². The van der Waals surface area contributed by atoms with Gasteiger partial charge in [0, 0.05) is 11.8 Å². The van der Waals surface area contributed by atoms with E-state index in [2.05, 4.69) is 10.0 Å². The van der Waals surface area contributed by atoms with Gasteiger partial charge < -0.3 is 28.4 Å². The maximum Gasteiger partial charge on any atom is 0.412 e. The molecule has 2 N–H and O–H groups in total. The number of fused-ring (bicyclic) bond motifs is 1. The lowest BCUT2D eigenvalue weighted by atomic mass is 10.1. The van der Waals surface area contributed by atoms with Gasteiger partial charge in [-0.25, -0.2) is 17.9 Å². The zero-order valence-corrected chi connectivity index (χ0v) is 22.1. The number of benzene rings is 3. The van der Waals surface area contributed by atoms with E-state index in [4.69, 9.17) is 28.4 Å². The van der Waals surface area contributed by atoms with Crippen LogP contribution in [0.3, 0.4) is 0 Å². The van der Waals surface area contributed by atoms with E-state index in [1.54, 1.807) is 30.3 Å². The number of sulfonamides is 1. The molecule has 0 saturated carbocycles. The first-order valence-electron chi connectivity index (χ1n) is 12.1. The number of carbonyl (C=O) groups is 1. The summed E-state index contributed by atoms with van der Waals surface area (Å²) in [5.41, 5.74) is 0.515. The zero-order chi connectivity index (χ0) is 27.4. The molecule has 0 bridgehead atoms. The van der Waals surface area contributed by atoms with Crippen LogP contribution in [0.5, 0.6) is 23.0 Å². The SMILES string of the molecule is COc1ccc(OC)c(S(=O)(=O)N[C@H]2CO[C@H]3[C@@H]2OC[C@H]3OC(=O)Nc2ccc(Oc3ccccc3)cc2)c1. The Morgan fingerprint density at radius 3 is 2.26 bits per heavy atom. The number of hydrogen-bond acceptors (Lipinski definition) is 9. The van der Waals surface area contributed by atoms with Gasteiger partial charge in [-0.2, -0.15) is 0 Å². The smallest absolute Gasteiger partial charge is 0.412 e. The Labute approximate surface area is 226 Å². The molecule has 1 amide bonds. The number of amides is 1. The van der Waals surface area contributed by atoms with Crippen molar-refractivity contribution in [3.63, 3.8) is 0 Å². The largest absolute Gasteiger partial charge is 0.497 e. The van der Waals surface area contributed by atoms with Crippen LogP contribution in [0.2, 0.25) is 0 Å². The lowest BCUT2D eigenvalue weighted by Gasteiger charge is -2.19. The topological polar surface area (TPSA) is 131 Å². The molecule has 0 aliphatic carbocycles. The zero-order valence-electron chi connectivity index (χ0n) is 21.2. The number of methoxy groups -OCH3 is 2. The Morgan fingerprint density at radius 2 is 1.54 bits per heavy atom. The van der Waals surface area contributed by atoms with E-state index in [9.17, 15) is 13.2 Å². The van der Waals surface area contributed by atoms with Crippen molar-refractivity contribution in [3.05, 3.63) is 72.8 Å². The first kappa shape index (κ1) is 26.8. The predicted molar refractivity (Wildman–Crippen MR) is 140 cm³/mol. The van der Waals surface area contributed by atoms with E-state index >= 15 is 0 Å². The highest BCUT2D eigenvalue weighted by atomic mass is 32.2. The molecule has 3 aromatic rings. The molecule has 0 spiro atoms. The minimum absolute atomic E-state index is 0.0468. The standard InChI is InChI=1S/C27H28N2O9S/c1-33-20-12-13-22(34-2)24(14-20)39(31,32)29-21-15-35-26-23(16-36-25(21)26)38-27(30)28-17-8-10-19(11-9-17)37-18-6-4-3-5-7-18/h3-14,21,23,25-26,29H,15-16H2,1-2H3,(H,28,30)/t21-,23+,25+,26+/m0/s1. The molecule has 2 saturated heterocycles. The van der Waals surface area contributed by atoms with Crippen LogP contribution in [0, 0.1) is 0 Å². The van der Waals surface area contributed by atoms with Gasteiger partial charge in [0.05, 0.1) is 33.5 Å². The van der Waals surface area contributed by atoms with Crippen molar-refractivity contribution >= 4 is 21.8 Å². The highest BCUT2D eigenvalue weighted by Crippen LogP contribution is 2.32. The van der Waals surface area contributed by atoms with Crippen molar-refractivity contribution in [1.29, 1.82) is 0 Å². The molecule has 2 heterocycles. The van der Waals surface area contributed by atoms with Gasteiger partial charge in [0.1, 0.15) is 40.1 Å². The van der Waals surface area contributed by atoms with Gasteiger partial charge in [0.15, 0.2) is 6.10 Å². The number of para-hydroxylation sites is 1. The minimum Gasteiger partial charge on any atom is -0.497 e. The second kappa shape index (κ2) is 11.5. The van der Waals surface area contributed by atoms with Gasteiger partial charge >= 0.3 is 6.09 Å². The fourth-order valence-electron chi connectivity index (χ4n) is 4.44. The van der Waals surface area contributed by atoms with Crippen molar-refractivity contribution in [2.75, 3.05) is 32.8 Å². The number of anilines is 1. The van der Waals surface area contributed by atoms with Crippen molar-refractivity contribution in [3.8, 4) is 23.0 Å². The third-order valence-corrected chi connectivity index (χ3v) is 7.82. The Bertz CT molecular complexity index is 1400. The summed E-state index contributed by atoms with van der Waals surface area (Å²) in [5, 5.41) is 2.67. The molecule has 2 fully saturated rings. The fraction of sp³-hybridized carbons (Fsp3) is 0.296. The van der Waals surface area contributed by atoms with Crippen LogP contribution in [-0.4, -0.2) is 66.3 Å². The third-order valence-electron chi connectivity index (χ3n) is 6.31. The average molecular weight is 557 g/mol. The van der Waals surface area contributed by atoms with E-state index in [0.717, 1.165) is 0 Å². The van der Waals surface area contributed by atoms with E-state index < -0.39 is 40.5 Å². The normalized spacial score (nSPS) is 22.1. The number of carbonyl (C=O) groups excluding carboxylic acids is 1. The molecule has 3 aromatic carbocycles. The highest BCUT2D eigenvalue weighted by molar-refractivity contribution is 7.89. The van der Waals surface area contributed by atoms with Crippen LogP contribution < -0.4 is 24.2 Å². The van der Waals surface area contributed by atoms with Gasteiger partial charge in [-0.1, -0.05) is 18.2 Å². The molecule has 4 atom stereocenters. The lowest BCUT2D eigenvalue weighted by molar-refractivity contribution is 0.00883. The molecule has 11 nitrogen and oxygen atoms in total. The van der Waals surface area contributed by atoms with Crippen molar-refractivity contribution < 1.29 is 41.6 Å². The van der Waals surface area contributed by atoms with Crippen molar-refractivity contribution in [2.24, 2.45) is 0 Å². The second-order valence-corrected chi connectivity index (χ2v) is 10.5. The van der Waals surface area contributed by atoms with Crippen LogP contribution in [0.1, 0.15) is 0 Å². The lowest BCUT2D eigenvalue weighted by Crippen LogP contribution is -2.44. The summed E-state index contributed by atoms with van der Waals surface area (Å²) in [5.74, 6) is 1.86. The summed E-state index contributed by atoms with van der Waals surface area (Å²) < 4.78 is 62.1. The summed E-state index contributed by atoms with van der Waals surface area (Å²) >= 11 is 0. The summed E-state index contributed by atoms with van der Waals surface area (Å²) in [4.78, 5) is 12.5. The number of nitrogens with one attached hydrogen (secondary N) is 2. The molecule has 0 unspecified atom stereocenters. The molecule has 0 radical (unpaired) electrons. The molecule has 2 aliphatic rings. The van der Waals surface area contributed by atoms with Gasteiger partial charge in [0.25, 0.3) is 0 Å². The molecule has 12 heteroatoms. The van der Waals surface area contributed by atoms with Crippen LogP contribution in [0.15, 0.2) is 77.7 Å². The van der Waals surface area contributed by atoms with E-state index in [-0.39, 0.29) is 23.9 Å². The maximum absolute atomic E-state index is 13.2. The molecule has 5 rings (SSSR count). The first-order chi connectivity index (χ1) is 18.9. The number of hydrogen-bond donors (Lipinski definition) is 2. The summed E-state index contributed by atoms with van der Waals surface area (Å²) in [6.45, 7) is 0.110. The van der Waals surface area contributed by atoms with Crippen LogP contribution in [0.25, 0.3) is 0 Å². The average Bonchev–Trinajstić information content (AvgIpc) is 3.52. The second-order valence-electron chi connectivity index (χ2n) is 8.85. The quantitative estimate of drug-likeness (QED) is 0.406. The molecular formula is C27H28N2O9S. The molecule has 2 aliphatic heterocycles. The number of ether oxygens (including phenoxy) is 6. The Hall–Kier alpha value is -3.84. The molecular weight excluding hydrogens is 528 g/mol. The predicted octanol–water partition coefficient (Wildman–Crippen LogP) is 3.56. The van der Waals surface area contributed by atoms with Crippen molar-refractivity contribution in [2.45, 2.75) is 29.2 Å². The van der Waals surface area contributed by atoms with E-state index in [0.29, 0.717) is 22.9 Å². The van der Waals surface area contributed by atoms with E-state index in [1.807, 2.05) is 30.3 Å². The Balaban J connectivity index is 1.16. The summed E-state index contributed by atoms with van der Waals surface area (Å²) in [6.07, 6.45) is -2.66. The highest BCUT2D eigenvalue weighted by Gasteiger charge is 2.50. The maximum atomic E-state index is 13.2. The van der Waals surface area contributed by atoms with Crippen LogP contribution >= 0.6 is 0 Å². The van der Waals surface area contributed by atoms with Gasteiger partial charge in [0.2, 0.25) is 10.0 Å². The monoisotopic (exact) mass is 556 g/mol. The molecule has 39 heavy (non-hydrogen) atoms. The Kier molecular flexibility index (Phi) is 7.89. The Morgan fingerprint density at radius 1 is 0.846 bits per heavy atom. The summed E-state index contributed by atoms with van der Waals surface area (Å²) in [6, 6.07) is 20.0. The van der Waals surface area contributed by atoms with Gasteiger partial charge in [-0.05, 0) is 48.5 Å². The van der Waals surface area contributed by atoms with Crippen LogP contribution in [0.4, 0.5) is 10.5 Å². The van der Waals surface area contributed by atoms with Gasteiger partial charge in [-0.15, -0.1) is 0 Å².